The second-order valence-electron chi connectivity index (χ2n) is 4.99. The van der Waals surface area contributed by atoms with Gasteiger partial charge in [-0.1, -0.05) is 6.07 Å². The average molecular weight is 308 g/mol. The first kappa shape index (κ1) is 16.2. The van der Waals surface area contributed by atoms with Gasteiger partial charge in [-0.2, -0.15) is 5.26 Å². The lowest BCUT2D eigenvalue weighted by atomic mass is 10.1. The SMILES string of the molecule is CC(=O)c1ccc(CNC(=O)Nc2cccc(C#N)c2)nc1C. The number of urea groups is 1. The van der Waals surface area contributed by atoms with E-state index in [0.29, 0.717) is 28.2 Å². The van der Waals surface area contributed by atoms with E-state index in [1.54, 1.807) is 43.3 Å². The maximum absolute atomic E-state index is 11.9. The number of carbonyl (C=O) groups is 2. The third kappa shape index (κ3) is 4.38. The molecule has 0 atom stereocenters. The fourth-order valence-corrected chi connectivity index (χ4v) is 2.10. The first-order valence-corrected chi connectivity index (χ1v) is 7.02. The topological polar surface area (TPSA) is 94.9 Å². The van der Waals surface area contributed by atoms with Crippen LogP contribution < -0.4 is 10.6 Å². The Hall–Kier alpha value is -3.20. The minimum Gasteiger partial charge on any atom is -0.332 e. The molecule has 0 unspecified atom stereocenters. The second kappa shape index (κ2) is 7.18. The molecule has 1 aromatic carbocycles. The number of amides is 2. The molecular formula is C17H16N4O2. The summed E-state index contributed by atoms with van der Waals surface area (Å²) < 4.78 is 0. The molecule has 0 fully saturated rings. The van der Waals surface area contributed by atoms with Crippen molar-refractivity contribution in [1.29, 1.82) is 5.26 Å². The number of Topliss-reactive ketones (excluding diaryl/α,β-unsaturated/α-hetero) is 1. The standard InChI is InChI=1S/C17H16N4O2/c1-11-16(12(2)22)7-6-15(20-11)10-19-17(23)21-14-5-3-4-13(8-14)9-18/h3-8H,10H2,1-2H3,(H2,19,21,23). The Balaban J connectivity index is 1.95. The average Bonchev–Trinajstić information content (AvgIpc) is 2.53. The van der Waals surface area contributed by atoms with Crippen molar-refractivity contribution in [2.75, 3.05) is 5.32 Å². The van der Waals surface area contributed by atoms with Crippen molar-refractivity contribution < 1.29 is 9.59 Å². The summed E-state index contributed by atoms with van der Waals surface area (Å²) in [5.41, 5.74) is 2.89. The summed E-state index contributed by atoms with van der Waals surface area (Å²) in [6, 6.07) is 11.7. The number of hydrogen-bond acceptors (Lipinski definition) is 4. The number of nitrogens with zero attached hydrogens (tertiary/aromatic N) is 2. The van der Waals surface area contributed by atoms with E-state index in [4.69, 9.17) is 5.26 Å². The Bertz CT molecular complexity index is 793. The Morgan fingerprint density at radius 1 is 1.26 bits per heavy atom. The maximum Gasteiger partial charge on any atom is 0.319 e. The molecule has 116 valence electrons. The Kier molecular flexibility index (Phi) is 5.05. The summed E-state index contributed by atoms with van der Waals surface area (Å²) in [7, 11) is 0. The van der Waals surface area contributed by atoms with Crippen LogP contribution in [0.3, 0.4) is 0 Å². The number of nitrogens with one attached hydrogen (secondary N) is 2. The number of hydrogen-bond donors (Lipinski definition) is 2. The summed E-state index contributed by atoms with van der Waals surface area (Å²) in [4.78, 5) is 27.5. The van der Waals surface area contributed by atoms with E-state index in [1.807, 2.05) is 6.07 Å². The van der Waals surface area contributed by atoms with Gasteiger partial charge in [-0.05, 0) is 44.2 Å². The summed E-state index contributed by atoms with van der Waals surface area (Å²) in [5, 5.41) is 14.2. The Morgan fingerprint density at radius 3 is 2.70 bits per heavy atom. The number of benzene rings is 1. The van der Waals surface area contributed by atoms with Crippen LogP contribution in [0.2, 0.25) is 0 Å². The van der Waals surface area contributed by atoms with Crippen LogP contribution in [0.5, 0.6) is 0 Å². The molecule has 2 amide bonds. The van der Waals surface area contributed by atoms with Gasteiger partial charge in [-0.3, -0.25) is 9.78 Å². The Labute approximate surface area is 134 Å². The molecule has 2 N–H and O–H groups in total. The largest absolute Gasteiger partial charge is 0.332 e. The van der Waals surface area contributed by atoms with Crippen molar-refractivity contribution in [3.63, 3.8) is 0 Å². The zero-order chi connectivity index (χ0) is 16.8. The number of ketones is 1. The molecule has 0 radical (unpaired) electrons. The number of nitriles is 1. The third-order valence-corrected chi connectivity index (χ3v) is 3.20. The van der Waals surface area contributed by atoms with Gasteiger partial charge in [0, 0.05) is 16.9 Å². The number of rotatable bonds is 4. The predicted molar refractivity (Wildman–Crippen MR) is 86.0 cm³/mol. The van der Waals surface area contributed by atoms with E-state index in [0.717, 1.165) is 0 Å². The van der Waals surface area contributed by atoms with E-state index in [-0.39, 0.29) is 12.3 Å². The summed E-state index contributed by atoms with van der Waals surface area (Å²) in [6.45, 7) is 3.49. The van der Waals surface area contributed by atoms with Gasteiger partial charge in [0.1, 0.15) is 0 Å². The maximum atomic E-state index is 11.9. The summed E-state index contributed by atoms with van der Waals surface area (Å²) in [5.74, 6) is -0.0374. The van der Waals surface area contributed by atoms with E-state index >= 15 is 0 Å². The molecule has 23 heavy (non-hydrogen) atoms. The molecule has 0 aliphatic rings. The molecule has 6 heteroatoms. The summed E-state index contributed by atoms with van der Waals surface area (Å²) in [6.07, 6.45) is 0. The number of pyridine rings is 1. The molecule has 2 aromatic rings. The highest BCUT2D eigenvalue weighted by molar-refractivity contribution is 5.95. The third-order valence-electron chi connectivity index (χ3n) is 3.20. The van der Waals surface area contributed by atoms with Crippen molar-refractivity contribution in [3.8, 4) is 6.07 Å². The highest BCUT2D eigenvalue weighted by Crippen LogP contribution is 2.10. The van der Waals surface area contributed by atoms with Gasteiger partial charge < -0.3 is 10.6 Å². The molecule has 0 aliphatic heterocycles. The highest BCUT2D eigenvalue weighted by atomic mass is 16.2. The first-order chi connectivity index (χ1) is 11.0. The lowest BCUT2D eigenvalue weighted by Gasteiger charge is -2.09. The van der Waals surface area contributed by atoms with Crippen molar-refractivity contribution in [2.45, 2.75) is 20.4 Å². The molecular weight excluding hydrogens is 292 g/mol. The fraction of sp³-hybridized carbons (Fsp3) is 0.176. The molecule has 1 aromatic heterocycles. The van der Waals surface area contributed by atoms with E-state index in [2.05, 4.69) is 15.6 Å². The van der Waals surface area contributed by atoms with Crippen LogP contribution >= 0.6 is 0 Å². The zero-order valence-electron chi connectivity index (χ0n) is 12.9. The van der Waals surface area contributed by atoms with Gasteiger partial charge in [0.15, 0.2) is 5.78 Å². The molecule has 1 heterocycles. The molecule has 2 rings (SSSR count). The number of aromatic nitrogens is 1. The lowest BCUT2D eigenvalue weighted by Crippen LogP contribution is -2.28. The second-order valence-corrected chi connectivity index (χ2v) is 4.99. The highest BCUT2D eigenvalue weighted by Gasteiger charge is 2.07. The molecule has 0 saturated carbocycles. The first-order valence-electron chi connectivity index (χ1n) is 7.02. The number of aryl methyl sites for hydroxylation is 1. The molecule has 0 spiro atoms. The van der Waals surface area contributed by atoms with Crippen LogP contribution in [0, 0.1) is 18.3 Å². The van der Waals surface area contributed by atoms with E-state index in [9.17, 15) is 9.59 Å². The van der Waals surface area contributed by atoms with Crippen LogP contribution in [0.4, 0.5) is 10.5 Å². The molecule has 0 aliphatic carbocycles. The molecule has 0 saturated heterocycles. The fourth-order valence-electron chi connectivity index (χ4n) is 2.10. The predicted octanol–water partition coefficient (Wildman–Crippen LogP) is 2.79. The van der Waals surface area contributed by atoms with Crippen molar-refractivity contribution in [2.24, 2.45) is 0 Å². The van der Waals surface area contributed by atoms with E-state index in [1.165, 1.54) is 6.92 Å². The smallest absolute Gasteiger partial charge is 0.319 e. The molecule has 0 bridgehead atoms. The van der Waals surface area contributed by atoms with Crippen LogP contribution in [0.25, 0.3) is 0 Å². The van der Waals surface area contributed by atoms with Crippen LogP contribution in [-0.2, 0) is 6.54 Å². The Morgan fingerprint density at radius 2 is 2.04 bits per heavy atom. The zero-order valence-corrected chi connectivity index (χ0v) is 12.9. The van der Waals surface area contributed by atoms with Crippen LogP contribution in [0.15, 0.2) is 36.4 Å². The van der Waals surface area contributed by atoms with Gasteiger partial charge in [0.25, 0.3) is 0 Å². The normalized spacial score (nSPS) is 9.78. The van der Waals surface area contributed by atoms with Gasteiger partial charge in [-0.15, -0.1) is 0 Å². The van der Waals surface area contributed by atoms with Crippen LogP contribution in [0.1, 0.15) is 34.2 Å². The quantitative estimate of drug-likeness (QED) is 0.849. The summed E-state index contributed by atoms with van der Waals surface area (Å²) >= 11 is 0. The van der Waals surface area contributed by atoms with Crippen molar-refractivity contribution in [3.05, 3.63) is 58.9 Å². The van der Waals surface area contributed by atoms with E-state index < -0.39 is 6.03 Å². The van der Waals surface area contributed by atoms with Gasteiger partial charge in [0.05, 0.1) is 23.9 Å². The van der Waals surface area contributed by atoms with Gasteiger partial charge in [-0.25, -0.2) is 4.79 Å². The number of anilines is 1. The minimum absolute atomic E-state index is 0.0374. The van der Waals surface area contributed by atoms with Crippen molar-refractivity contribution in [1.82, 2.24) is 10.3 Å². The monoisotopic (exact) mass is 308 g/mol. The van der Waals surface area contributed by atoms with Crippen molar-refractivity contribution >= 4 is 17.5 Å². The van der Waals surface area contributed by atoms with Gasteiger partial charge in [0.2, 0.25) is 0 Å². The van der Waals surface area contributed by atoms with Gasteiger partial charge >= 0.3 is 6.03 Å². The number of carbonyl (C=O) groups excluding carboxylic acids is 2. The minimum atomic E-state index is -0.393. The van der Waals surface area contributed by atoms with Crippen LogP contribution in [-0.4, -0.2) is 16.8 Å². The lowest BCUT2D eigenvalue weighted by molar-refractivity contribution is 0.101. The molecule has 6 nitrogen and oxygen atoms in total.